The Bertz CT molecular complexity index is 2310. The molecule has 0 saturated carbocycles. The Morgan fingerprint density at radius 1 is 0.462 bits per heavy atom. The lowest BCUT2D eigenvalue weighted by Gasteiger charge is -2.32. The van der Waals surface area contributed by atoms with Crippen LogP contribution in [0.15, 0.2) is 164 Å². The van der Waals surface area contributed by atoms with Gasteiger partial charge < -0.3 is 4.90 Å². The summed E-state index contributed by atoms with van der Waals surface area (Å²) >= 11 is 0. The van der Waals surface area contributed by atoms with E-state index in [2.05, 4.69) is 185 Å². The highest BCUT2D eigenvalue weighted by Gasteiger charge is 2.50. The van der Waals surface area contributed by atoms with E-state index in [0.717, 1.165) is 33.6 Å². The molecule has 0 amide bonds. The summed E-state index contributed by atoms with van der Waals surface area (Å²) < 4.78 is 0. The molecule has 1 aliphatic heterocycles. The molecule has 0 aliphatic carbocycles. The van der Waals surface area contributed by atoms with Crippen LogP contribution < -0.4 is 25.8 Å². The van der Waals surface area contributed by atoms with Crippen molar-refractivity contribution in [3.8, 4) is 22.4 Å². The molecule has 52 heavy (non-hydrogen) atoms. The lowest BCUT2D eigenvalue weighted by atomic mass is 9.83. The van der Waals surface area contributed by atoms with Gasteiger partial charge in [0.2, 0.25) is 8.07 Å². The van der Waals surface area contributed by atoms with Crippen molar-refractivity contribution in [3.05, 3.63) is 175 Å². The van der Waals surface area contributed by atoms with Crippen LogP contribution in [0.3, 0.4) is 0 Å². The molecule has 0 radical (unpaired) electrons. The monoisotopic (exact) mass is 691 g/mol. The van der Waals surface area contributed by atoms with Crippen molar-refractivity contribution in [3.63, 3.8) is 0 Å². The average molecular weight is 692 g/mol. The Kier molecular flexibility index (Phi) is 8.31. The van der Waals surface area contributed by atoms with Gasteiger partial charge in [0, 0.05) is 40.3 Å². The molecule has 0 N–H and O–H groups in total. The molecule has 0 fully saturated rings. The van der Waals surface area contributed by atoms with Gasteiger partial charge in [-0.15, -0.1) is 0 Å². The first-order valence-corrected chi connectivity index (χ1v) is 20.2. The van der Waals surface area contributed by atoms with E-state index in [9.17, 15) is 0 Å². The third-order valence-corrected chi connectivity index (χ3v) is 15.3. The van der Waals surface area contributed by atoms with Gasteiger partial charge in [-0.05, 0) is 109 Å². The van der Waals surface area contributed by atoms with Crippen LogP contribution in [0.2, 0.25) is 0 Å². The summed E-state index contributed by atoms with van der Waals surface area (Å²) in [4.78, 5) is 12.3. The first-order valence-electron chi connectivity index (χ1n) is 18.2. The van der Waals surface area contributed by atoms with Crippen LogP contribution in [-0.2, 0) is 10.8 Å². The molecule has 0 unspecified atom stereocenters. The second-order valence-electron chi connectivity index (χ2n) is 16.0. The fraction of sp³-hybridized carbons (Fsp3) is 0.167. The van der Waals surface area contributed by atoms with Crippen LogP contribution in [0.1, 0.15) is 52.7 Å². The van der Waals surface area contributed by atoms with E-state index in [1.54, 1.807) is 0 Å². The SMILES string of the molecule is CC(C)(C)c1ccc2c(c1)-c1cc(C(C)(C)C)ccc1[Si]2(c1cccc(N(c2ccccc2)c2cccc(-c3ccccn3)c2)c1)c1ccccn1. The molecule has 2 aromatic heterocycles. The Morgan fingerprint density at radius 3 is 1.60 bits per heavy atom. The summed E-state index contributed by atoms with van der Waals surface area (Å²) in [5.74, 6) is 0. The second-order valence-corrected chi connectivity index (χ2v) is 19.6. The van der Waals surface area contributed by atoms with Crippen molar-refractivity contribution in [1.29, 1.82) is 0 Å². The predicted molar refractivity (Wildman–Crippen MR) is 222 cm³/mol. The summed E-state index contributed by atoms with van der Waals surface area (Å²) in [6.07, 6.45) is 3.83. The molecule has 0 saturated heterocycles. The number of benzene rings is 5. The summed E-state index contributed by atoms with van der Waals surface area (Å²) in [6, 6.07) is 55.8. The molecular formula is C48H45N3Si. The minimum atomic E-state index is -2.88. The minimum Gasteiger partial charge on any atom is -0.310 e. The van der Waals surface area contributed by atoms with E-state index >= 15 is 0 Å². The minimum absolute atomic E-state index is 0.0224. The maximum absolute atomic E-state index is 5.23. The van der Waals surface area contributed by atoms with Crippen molar-refractivity contribution in [2.24, 2.45) is 0 Å². The number of anilines is 3. The van der Waals surface area contributed by atoms with Crippen LogP contribution in [-0.4, -0.2) is 18.0 Å². The Hall–Kier alpha value is -5.58. The lowest BCUT2D eigenvalue weighted by Crippen LogP contribution is -2.73. The number of para-hydroxylation sites is 1. The molecular weight excluding hydrogens is 647 g/mol. The molecule has 0 atom stereocenters. The smallest absolute Gasteiger partial charge is 0.203 e. The van der Waals surface area contributed by atoms with E-state index in [1.165, 1.54) is 37.8 Å². The molecule has 4 heteroatoms. The van der Waals surface area contributed by atoms with E-state index in [1.807, 2.05) is 30.6 Å². The molecule has 0 spiro atoms. The lowest BCUT2D eigenvalue weighted by molar-refractivity contribution is 0.589. The number of aromatic nitrogens is 2. The third-order valence-electron chi connectivity index (χ3n) is 10.5. The summed E-state index contributed by atoms with van der Waals surface area (Å²) in [6.45, 7) is 13.9. The fourth-order valence-corrected chi connectivity index (χ4v) is 12.8. The number of pyridine rings is 2. The topological polar surface area (TPSA) is 29.0 Å². The van der Waals surface area contributed by atoms with Gasteiger partial charge in [0.15, 0.2) is 0 Å². The highest BCUT2D eigenvalue weighted by molar-refractivity contribution is 7.21. The molecule has 3 nitrogen and oxygen atoms in total. The highest BCUT2D eigenvalue weighted by Crippen LogP contribution is 2.38. The Labute approximate surface area is 309 Å². The van der Waals surface area contributed by atoms with Crippen LogP contribution in [0.4, 0.5) is 17.1 Å². The standard InChI is InChI=1S/C48H45N3Si/c1-47(2,3)35-24-26-44-41(31-35)42-32-36(48(4,5)6)25-27-45(42)52(44,46-23-11-13-29-50-46)40-21-15-20-39(33-40)51(37-17-8-7-9-18-37)38-19-14-16-34(30-38)43-22-10-12-28-49-43/h7-33H,1-6H3. The fourth-order valence-electron chi connectivity index (χ4n) is 7.83. The van der Waals surface area contributed by atoms with Crippen molar-refractivity contribution >= 4 is 46.0 Å². The summed E-state index contributed by atoms with van der Waals surface area (Å²) in [7, 11) is -2.88. The number of nitrogens with zero attached hydrogens (tertiary/aromatic N) is 3. The van der Waals surface area contributed by atoms with Crippen molar-refractivity contribution in [1.82, 2.24) is 9.97 Å². The van der Waals surface area contributed by atoms with Crippen molar-refractivity contribution in [2.75, 3.05) is 4.90 Å². The van der Waals surface area contributed by atoms with Gasteiger partial charge in [0.05, 0.1) is 5.69 Å². The number of hydrogen-bond donors (Lipinski definition) is 0. The van der Waals surface area contributed by atoms with Gasteiger partial charge in [-0.25, -0.2) is 0 Å². The molecule has 3 heterocycles. The van der Waals surface area contributed by atoms with Gasteiger partial charge in [0.1, 0.15) is 0 Å². The first kappa shape index (κ1) is 33.6. The zero-order valence-electron chi connectivity index (χ0n) is 30.9. The number of rotatable bonds is 6. The van der Waals surface area contributed by atoms with E-state index < -0.39 is 8.07 Å². The van der Waals surface area contributed by atoms with Crippen LogP contribution in [0.5, 0.6) is 0 Å². The Morgan fingerprint density at radius 2 is 1.02 bits per heavy atom. The predicted octanol–water partition coefficient (Wildman–Crippen LogP) is 9.57. The molecule has 7 aromatic rings. The third kappa shape index (κ3) is 5.77. The van der Waals surface area contributed by atoms with Crippen molar-refractivity contribution < 1.29 is 0 Å². The van der Waals surface area contributed by atoms with E-state index in [0.29, 0.717) is 0 Å². The second kappa shape index (κ2) is 12.9. The van der Waals surface area contributed by atoms with E-state index in [4.69, 9.17) is 4.98 Å². The molecule has 5 aromatic carbocycles. The van der Waals surface area contributed by atoms with Gasteiger partial charge in [0.25, 0.3) is 0 Å². The maximum atomic E-state index is 5.23. The zero-order chi connectivity index (χ0) is 36.1. The van der Waals surface area contributed by atoms with Gasteiger partial charge in [-0.3, -0.25) is 9.97 Å². The van der Waals surface area contributed by atoms with Crippen LogP contribution in [0, 0.1) is 0 Å². The molecule has 256 valence electrons. The van der Waals surface area contributed by atoms with Crippen LogP contribution in [0.25, 0.3) is 22.4 Å². The maximum Gasteiger partial charge on any atom is 0.203 e. The normalized spacial score (nSPS) is 13.3. The highest BCUT2D eigenvalue weighted by atomic mass is 28.3. The largest absolute Gasteiger partial charge is 0.310 e. The molecule has 8 rings (SSSR count). The quantitative estimate of drug-likeness (QED) is 0.163. The zero-order valence-corrected chi connectivity index (χ0v) is 31.9. The average Bonchev–Trinajstić information content (AvgIpc) is 3.46. The van der Waals surface area contributed by atoms with Gasteiger partial charge in [-0.1, -0.05) is 133 Å². The number of hydrogen-bond acceptors (Lipinski definition) is 3. The first-order chi connectivity index (χ1) is 25.0. The molecule has 0 bridgehead atoms. The molecule has 1 aliphatic rings. The summed E-state index contributed by atoms with van der Waals surface area (Å²) in [5, 5.41) is 5.28. The van der Waals surface area contributed by atoms with Crippen LogP contribution >= 0.6 is 0 Å². The van der Waals surface area contributed by atoms with Crippen molar-refractivity contribution in [2.45, 2.75) is 52.4 Å². The van der Waals surface area contributed by atoms with Gasteiger partial charge >= 0.3 is 0 Å². The number of fused-ring (bicyclic) bond motifs is 3. The Balaban J connectivity index is 1.40. The van der Waals surface area contributed by atoms with Gasteiger partial charge in [-0.2, -0.15) is 0 Å². The summed E-state index contributed by atoms with van der Waals surface area (Å²) in [5.41, 5.74) is 10.8. The van der Waals surface area contributed by atoms with E-state index in [-0.39, 0.29) is 10.8 Å².